The van der Waals surface area contributed by atoms with Crippen molar-refractivity contribution in [1.82, 2.24) is 10.2 Å². The van der Waals surface area contributed by atoms with Crippen molar-refractivity contribution in [2.75, 3.05) is 11.9 Å². The highest BCUT2D eigenvalue weighted by atomic mass is 16.5. The number of hydrogen-bond donors (Lipinski definition) is 2. The van der Waals surface area contributed by atoms with Gasteiger partial charge in [-0.25, -0.2) is 4.79 Å². The highest BCUT2D eigenvalue weighted by Gasteiger charge is 2.07. The van der Waals surface area contributed by atoms with Crippen LogP contribution in [0.1, 0.15) is 32.9 Å². The molecular weight excluding hydrogens is 206 g/mol. The number of aromatic amines is 1. The highest BCUT2D eigenvalue weighted by Crippen LogP contribution is 2.07. The molecule has 0 aliphatic carbocycles. The maximum Gasteiger partial charge on any atom is 0.412 e. The summed E-state index contributed by atoms with van der Waals surface area (Å²) < 4.78 is 4.97. The highest BCUT2D eigenvalue weighted by molar-refractivity contribution is 5.83. The fourth-order valence-corrected chi connectivity index (χ4v) is 1.21. The number of aromatic nitrogens is 2. The zero-order chi connectivity index (χ0) is 12.0. The Balaban J connectivity index is 2.37. The van der Waals surface area contributed by atoms with E-state index in [-0.39, 0.29) is 0 Å². The summed E-state index contributed by atoms with van der Waals surface area (Å²) in [4.78, 5) is 11.3. The lowest BCUT2D eigenvalue weighted by Gasteiger charge is -2.06. The summed E-state index contributed by atoms with van der Waals surface area (Å²) in [5.41, 5.74) is 1.02. The smallest absolute Gasteiger partial charge is 0.412 e. The third-order valence-corrected chi connectivity index (χ3v) is 1.93. The summed E-state index contributed by atoms with van der Waals surface area (Å²) in [6.07, 6.45) is 1.51. The molecule has 5 nitrogen and oxygen atoms in total. The van der Waals surface area contributed by atoms with Gasteiger partial charge >= 0.3 is 6.09 Å². The van der Waals surface area contributed by atoms with Crippen LogP contribution in [-0.2, 0) is 11.2 Å². The molecule has 0 radical (unpaired) electrons. The molecule has 90 valence electrons. The number of H-pyrrole nitrogens is 1. The second-order valence-corrected chi connectivity index (χ2v) is 4.15. The quantitative estimate of drug-likeness (QED) is 0.809. The first kappa shape index (κ1) is 12.5. The van der Waals surface area contributed by atoms with Crippen LogP contribution in [0.25, 0.3) is 0 Å². The van der Waals surface area contributed by atoms with Crippen LogP contribution in [0.3, 0.4) is 0 Å². The van der Waals surface area contributed by atoms with Crippen molar-refractivity contribution in [3.63, 3.8) is 0 Å². The summed E-state index contributed by atoms with van der Waals surface area (Å²) in [5.74, 6) is 0.845. The molecule has 2 N–H and O–H groups in total. The maximum atomic E-state index is 11.3. The van der Waals surface area contributed by atoms with Gasteiger partial charge in [0.15, 0.2) is 5.82 Å². The molecule has 1 rings (SSSR count). The molecule has 1 amide bonds. The molecule has 5 heteroatoms. The molecule has 0 aliphatic rings. The predicted octanol–water partition coefficient (Wildman–Crippen LogP) is 2.57. The molecule has 0 saturated heterocycles. The number of carbonyl (C=O) groups is 1. The summed E-state index contributed by atoms with van der Waals surface area (Å²) in [5, 5.41) is 9.39. The first-order valence-electron chi connectivity index (χ1n) is 5.60. The predicted molar refractivity (Wildman–Crippen MR) is 62.4 cm³/mol. The number of anilines is 1. The van der Waals surface area contributed by atoms with Crippen molar-refractivity contribution < 1.29 is 9.53 Å². The number of aryl methyl sites for hydroxylation is 1. The van der Waals surface area contributed by atoms with E-state index >= 15 is 0 Å². The molecule has 0 bridgehead atoms. The monoisotopic (exact) mass is 225 g/mol. The zero-order valence-electron chi connectivity index (χ0n) is 10.0. The first-order chi connectivity index (χ1) is 7.61. The Hall–Kier alpha value is -1.52. The number of nitrogens with zero attached hydrogens (tertiary/aromatic N) is 1. The molecule has 0 fully saturated rings. The van der Waals surface area contributed by atoms with E-state index < -0.39 is 6.09 Å². The van der Waals surface area contributed by atoms with Gasteiger partial charge in [-0.05, 0) is 12.3 Å². The molecule has 0 spiro atoms. The van der Waals surface area contributed by atoms with Gasteiger partial charge in [-0.15, -0.1) is 0 Å². The maximum absolute atomic E-state index is 11.3. The Bertz CT molecular complexity index is 334. The van der Waals surface area contributed by atoms with Crippen LogP contribution in [-0.4, -0.2) is 22.9 Å². The largest absolute Gasteiger partial charge is 0.449 e. The van der Waals surface area contributed by atoms with E-state index in [0.717, 1.165) is 18.5 Å². The zero-order valence-corrected chi connectivity index (χ0v) is 10.0. The van der Waals surface area contributed by atoms with Crippen LogP contribution >= 0.6 is 0 Å². The van der Waals surface area contributed by atoms with Crippen molar-refractivity contribution in [3.8, 4) is 0 Å². The lowest BCUT2D eigenvalue weighted by molar-refractivity contribution is 0.147. The summed E-state index contributed by atoms with van der Waals surface area (Å²) in [6.45, 7) is 6.48. The standard InChI is InChI=1S/C11H19N3O2/c1-4-5-9-6-10(14-13-9)12-11(15)16-7-8(2)3/h6,8H,4-5,7H2,1-3H3,(H2,12,13,14,15). The minimum atomic E-state index is -0.455. The first-order valence-corrected chi connectivity index (χ1v) is 5.60. The van der Waals surface area contributed by atoms with E-state index in [9.17, 15) is 4.79 Å². The van der Waals surface area contributed by atoms with Gasteiger partial charge in [0, 0.05) is 11.8 Å². The summed E-state index contributed by atoms with van der Waals surface area (Å²) in [7, 11) is 0. The van der Waals surface area contributed by atoms with Gasteiger partial charge in [-0.2, -0.15) is 5.10 Å². The second kappa shape index (κ2) is 6.15. The third-order valence-electron chi connectivity index (χ3n) is 1.93. The van der Waals surface area contributed by atoms with Gasteiger partial charge in [0.1, 0.15) is 0 Å². The Morgan fingerprint density at radius 2 is 2.38 bits per heavy atom. The molecule has 0 aromatic carbocycles. The van der Waals surface area contributed by atoms with Gasteiger partial charge in [0.2, 0.25) is 0 Å². The van der Waals surface area contributed by atoms with Crippen molar-refractivity contribution >= 4 is 11.9 Å². The van der Waals surface area contributed by atoms with E-state index in [4.69, 9.17) is 4.74 Å². The van der Waals surface area contributed by atoms with Crippen LogP contribution in [0.4, 0.5) is 10.6 Å². The number of carbonyl (C=O) groups excluding carboxylic acids is 1. The van der Waals surface area contributed by atoms with E-state index in [1.165, 1.54) is 0 Å². The lowest BCUT2D eigenvalue weighted by atomic mass is 10.2. The second-order valence-electron chi connectivity index (χ2n) is 4.15. The van der Waals surface area contributed by atoms with Gasteiger partial charge in [-0.3, -0.25) is 10.4 Å². The molecule has 1 heterocycles. The number of rotatable bonds is 5. The van der Waals surface area contributed by atoms with Gasteiger partial charge < -0.3 is 4.74 Å². The Morgan fingerprint density at radius 1 is 1.62 bits per heavy atom. The number of ether oxygens (including phenoxy) is 1. The Labute approximate surface area is 95.6 Å². The summed E-state index contributed by atoms with van der Waals surface area (Å²) >= 11 is 0. The lowest BCUT2D eigenvalue weighted by Crippen LogP contribution is -2.16. The van der Waals surface area contributed by atoms with Gasteiger partial charge in [-0.1, -0.05) is 27.2 Å². The Morgan fingerprint density at radius 3 is 3.00 bits per heavy atom. The third kappa shape index (κ3) is 4.33. The topological polar surface area (TPSA) is 67.0 Å². The fourth-order valence-electron chi connectivity index (χ4n) is 1.21. The average molecular weight is 225 g/mol. The van der Waals surface area contributed by atoms with Gasteiger partial charge in [0.05, 0.1) is 6.61 Å². The molecule has 0 aliphatic heterocycles. The number of nitrogens with one attached hydrogen (secondary N) is 2. The van der Waals surface area contributed by atoms with Crippen molar-refractivity contribution in [3.05, 3.63) is 11.8 Å². The summed E-state index contributed by atoms with van der Waals surface area (Å²) in [6, 6.07) is 1.82. The minimum absolute atomic E-state index is 0.334. The van der Waals surface area contributed by atoms with Crippen molar-refractivity contribution in [2.24, 2.45) is 5.92 Å². The Kier molecular flexibility index (Phi) is 4.82. The molecule has 1 aromatic rings. The molecule has 0 atom stereocenters. The van der Waals surface area contributed by atoms with Crippen LogP contribution in [0.5, 0.6) is 0 Å². The average Bonchev–Trinajstić information content (AvgIpc) is 2.63. The van der Waals surface area contributed by atoms with Crippen LogP contribution in [0.2, 0.25) is 0 Å². The molecule has 0 unspecified atom stereocenters. The fraction of sp³-hybridized carbons (Fsp3) is 0.636. The van der Waals surface area contributed by atoms with Gasteiger partial charge in [0.25, 0.3) is 0 Å². The van der Waals surface area contributed by atoms with Crippen LogP contribution in [0, 0.1) is 5.92 Å². The van der Waals surface area contributed by atoms with Crippen LogP contribution in [0.15, 0.2) is 6.07 Å². The SMILES string of the molecule is CCCc1cc(NC(=O)OCC(C)C)n[nH]1. The minimum Gasteiger partial charge on any atom is -0.449 e. The van der Waals surface area contributed by atoms with Crippen molar-refractivity contribution in [2.45, 2.75) is 33.6 Å². The van der Waals surface area contributed by atoms with Crippen LogP contribution < -0.4 is 5.32 Å². The molecule has 16 heavy (non-hydrogen) atoms. The van der Waals surface area contributed by atoms with E-state index in [0.29, 0.717) is 18.3 Å². The number of hydrogen-bond acceptors (Lipinski definition) is 3. The van der Waals surface area contributed by atoms with Crippen molar-refractivity contribution in [1.29, 1.82) is 0 Å². The van der Waals surface area contributed by atoms with E-state index in [1.54, 1.807) is 0 Å². The number of amides is 1. The molecule has 1 aromatic heterocycles. The van der Waals surface area contributed by atoms with E-state index in [1.807, 2.05) is 19.9 Å². The normalized spacial score (nSPS) is 10.5. The molecule has 0 saturated carbocycles. The molecular formula is C11H19N3O2. The van der Waals surface area contributed by atoms with E-state index in [2.05, 4.69) is 22.4 Å².